The largest absolute Gasteiger partial charge is 0.326 e. The van der Waals surface area contributed by atoms with Gasteiger partial charge in [0.05, 0.1) is 45.6 Å². The van der Waals surface area contributed by atoms with Gasteiger partial charge in [0, 0.05) is 139 Å². The molecule has 0 aromatic heterocycles. The molecule has 0 aliphatic carbocycles. The van der Waals surface area contributed by atoms with Gasteiger partial charge >= 0.3 is 0 Å². The molecule has 4 heterocycles. The van der Waals surface area contributed by atoms with Crippen LogP contribution >= 0.6 is 46.4 Å². The van der Waals surface area contributed by atoms with E-state index < -0.39 is 24.2 Å². The lowest BCUT2D eigenvalue weighted by molar-refractivity contribution is -0.118. The maximum absolute atomic E-state index is 13.0. The van der Waals surface area contributed by atoms with Gasteiger partial charge in [0.15, 0.2) is 0 Å². The van der Waals surface area contributed by atoms with Crippen molar-refractivity contribution in [2.45, 2.75) is 190 Å². The number of nitrogens with one attached hydrogen (secondary N) is 8. The van der Waals surface area contributed by atoms with E-state index in [1.165, 1.54) is 0 Å². The molecule has 0 saturated heterocycles. The van der Waals surface area contributed by atoms with E-state index in [1.807, 2.05) is 319 Å². The number of hydrogen-bond acceptors (Lipinski definition) is 13. The number of amides is 8. The fourth-order valence-corrected chi connectivity index (χ4v) is 16.0. The number of anilines is 8. The predicted octanol–water partition coefficient (Wildman–Crippen LogP) is 26.3. The summed E-state index contributed by atoms with van der Waals surface area (Å²) in [5, 5.41) is 26.0. The lowest BCUT2D eigenvalue weighted by Gasteiger charge is -2.12. The highest BCUT2D eigenvalue weighted by atomic mass is 35.5. The average molecular weight is 1980 g/mol. The van der Waals surface area contributed by atoms with Crippen LogP contribution in [0.1, 0.15) is 207 Å². The predicted molar refractivity (Wildman–Crippen MR) is 586 cm³/mol. The number of benzene rings is 12. The van der Waals surface area contributed by atoms with Crippen LogP contribution in [0.2, 0.25) is 20.1 Å². The van der Waals surface area contributed by atoms with E-state index >= 15 is 0 Å². The molecule has 0 fully saturated rings. The van der Waals surface area contributed by atoms with Crippen molar-refractivity contribution in [1.82, 2.24) is 4.90 Å². The average Bonchev–Trinajstić information content (AvgIpc) is 1.70. The van der Waals surface area contributed by atoms with Crippen LogP contribution in [0, 0.1) is 0 Å². The van der Waals surface area contributed by atoms with Crippen molar-refractivity contribution in [3.8, 4) is 0 Å². The Bertz CT molecular complexity index is 6060. The van der Waals surface area contributed by atoms with Gasteiger partial charge in [-0.2, -0.15) is 0 Å². The summed E-state index contributed by atoms with van der Waals surface area (Å²) >= 11 is 25.2. The SMILES string of the molecule is CC.CC.CC.CC.CCCC(=O)Nc1ccc(C2=NC(Cc3ccccc3)C(=O)Nc3ccc(Cl)cc32)cc1.CCCCC(=O)Nc1ccc(C2=NC(Cc3ccccc3)C(=O)Nc3ccc(Cl)cc32)cc1.CCCCC(=O)Nc1ccc(C2=NC(Cc3ccccc3)C(=O)Nc3ccc(Cl)cc32)cc1.CN(C)CCCC(=O)Nc1ccc(C2=NC(Cc3ccccc3)C(=O)Nc3ccc(Cl)cc32)cc1. The Hall–Kier alpha value is -13.8. The zero-order chi connectivity index (χ0) is 102. The topological polar surface area (TPSA) is 285 Å². The van der Waals surface area contributed by atoms with E-state index in [2.05, 4.69) is 61.3 Å². The summed E-state index contributed by atoms with van der Waals surface area (Å²) in [5.41, 5.74) is 19.0. The first-order valence-corrected chi connectivity index (χ1v) is 50.2. The van der Waals surface area contributed by atoms with Crippen molar-refractivity contribution in [2.24, 2.45) is 20.0 Å². The van der Waals surface area contributed by atoms with Crippen LogP contribution in [-0.2, 0) is 64.0 Å². The number of benzodiazepines with no additional fused rings is 4. The number of hydrogen-bond donors (Lipinski definition) is 8. The molecule has 734 valence electrons. The van der Waals surface area contributed by atoms with Crippen molar-refractivity contribution >= 4 is 162 Å². The lowest BCUT2D eigenvalue weighted by Crippen LogP contribution is -2.27. The Morgan fingerprint density at radius 3 is 0.702 bits per heavy atom. The zero-order valence-corrected chi connectivity index (χ0v) is 85.7. The fourth-order valence-electron chi connectivity index (χ4n) is 15.3. The smallest absolute Gasteiger partial charge is 0.249 e. The van der Waals surface area contributed by atoms with Gasteiger partial charge in [-0.05, 0) is 190 Å². The number of aliphatic imine (C=N–C) groups is 4. The van der Waals surface area contributed by atoms with Crippen LogP contribution in [0.15, 0.2) is 311 Å². The summed E-state index contributed by atoms with van der Waals surface area (Å²) in [6.45, 7) is 23.0. The van der Waals surface area contributed by atoms with Crippen LogP contribution < -0.4 is 42.5 Å². The third kappa shape index (κ3) is 34.0. The van der Waals surface area contributed by atoms with E-state index in [0.29, 0.717) is 117 Å². The molecular formula is C116H129Cl4N13O8. The molecule has 21 nitrogen and oxygen atoms in total. The summed E-state index contributed by atoms with van der Waals surface area (Å²) in [5.74, 6) is -0.639. The molecule has 12 aromatic rings. The highest BCUT2D eigenvalue weighted by Crippen LogP contribution is 2.35. The quantitative estimate of drug-likeness (QED) is 0.0231. The second-order valence-corrected chi connectivity index (χ2v) is 34.6. The van der Waals surface area contributed by atoms with E-state index in [-0.39, 0.29) is 47.3 Å². The third-order valence-electron chi connectivity index (χ3n) is 22.2. The fraction of sp³-hybridized carbons (Fsp3) is 0.276. The van der Waals surface area contributed by atoms with Crippen molar-refractivity contribution in [1.29, 1.82) is 0 Å². The van der Waals surface area contributed by atoms with Crippen LogP contribution in [0.25, 0.3) is 0 Å². The molecular weight excluding hydrogens is 1850 g/mol. The second kappa shape index (κ2) is 58.3. The highest BCUT2D eigenvalue weighted by molar-refractivity contribution is 6.34. The summed E-state index contributed by atoms with van der Waals surface area (Å²) in [6.07, 6.45) is 9.19. The Balaban J connectivity index is 0.000000205. The van der Waals surface area contributed by atoms with Crippen molar-refractivity contribution < 1.29 is 38.4 Å². The van der Waals surface area contributed by atoms with Crippen molar-refractivity contribution in [3.05, 3.63) is 378 Å². The molecule has 8 amide bonds. The van der Waals surface area contributed by atoms with Crippen LogP contribution in [-0.4, -0.2) is 120 Å². The number of fused-ring (bicyclic) bond motifs is 4. The first-order chi connectivity index (χ1) is 68.5. The van der Waals surface area contributed by atoms with Crippen molar-refractivity contribution in [2.75, 3.05) is 63.2 Å². The first-order valence-electron chi connectivity index (χ1n) is 48.6. The molecule has 0 bridgehead atoms. The third-order valence-corrected chi connectivity index (χ3v) is 23.1. The van der Waals surface area contributed by atoms with Crippen LogP contribution in [0.4, 0.5) is 45.5 Å². The van der Waals surface area contributed by atoms with Crippen molar-refractivity contribution in [3.63, 3.8) is 0 Å². The molecule has 141 heavy (non-hydrogen) atoms. The van der Waals surface area contributed by atoms with Gasteiger partial charge in [-0.25, -0.2) is 0 Å². The van der Waals surface area contributed by atoms with E-state index in [0.717, 1.165) is 135 Å². The highest BCUT2D eigenvalue weighted by Gasteiger charge is 2.32. The normalized spacial score (nSPS) is 14.5. The summed E-state index contributed by atoms with van der Waals surface area (Å²) in [6, 6.07) is 88.7. The number of nitrogens with zero attached hydrogens (tertiary/aromatic N) is 5. The van der Waals surface area contributed by atoms with E-state index in [1.54, 1.807) is 48.5 Å². The van der Waals surface area contributed by atoms with Gasteiger partial charge in [0.2, 0.25) is 47.3 Å². The van der Waals surface area contributed by atoms with Gasteiger partial charge in [-0.1, -0.05) is 305 Å². The monoisotopic (exact) mass is 1970 g/mol. The number of carbonyl (C=O) groups is 8. The maximum atomic E-state index is 13.0. The van der Waals surface area contributed by atoms with Crippen LogP contribution in [0.5, 0.6) is 0 Å². The summed E-state index contributed by atoms with van der Waals surface area (Å²) < 4.78 is 0. The lowest BCUT2D eigenvalue weighted by atomic mass is 10.00. The molecule has 8 N–H and O–H groups in total. The number of unbranched alkanes of at least 4 members (excludes halogenated alkanes) is 2. The Labute approximate surface area is 850 Å². The number of carbonyl (C=O) groups excluding carboxylic acids is 8. The maximum Gasteiger partial charge on any atom is 0.249 e. The molecule has 4 aliphatic rings. The molecule has 12 aromatic carbocycles. The standard InChI is InChI=1S/C28H29ClN4O2.2C27H26ClN3O2.C26H24ClN3O2.4C2H6/c1-33(2)16-6-9-26(34)30-22-13-10-20(11-14-22)27-23-18-21(29)12-15-24(23)32-28(35)25(31-27)17-19-7-4-3-5-8-19;2*1-2-3-9-25(32)29-21-13-10-19(11-14-21)26-22-17-20(28)12-15-23(22)31-27(33)24(30-26)16-18-7-5-4-6-8-18;1-2-6-24(31)28-20-12-9-18(10-13-20)25-21-16-19(27)11-14-22(21)30-26(32)23(29-25)15-17-7-4-3-5-8-17;4*1-2/h3-5,7-8,10-15,18,25H,6,9,16-17H2,1-2H3,(H,30,34)(H,32,35);2*4-8,10-15,17,24H,2-3,9,16H2,1H3,(H,29,32)(H,31,33);3-5,7-14,16,23H,2,6,15H2,1H3,(H,28,31)(H,30,32);4*1-2H3. The molecule has 4 unspecified atom stereocenters. The molecule has 0 spiro atoms. The van der Waals surface area contributed by atoms with Crippen LogP contribution in [0.3, 0.4) is 0 Å². The first kappa shape index (κ1) is 111. The minimum atomic E-state index is -0.588. The molecule has 25 heteroatoms. The Kier molecular flexibility index (Phi) is 45.8. The molecule has 0 saturated carbocycles. The van der Waals surface area contributed by atoms with Gasteiger partial charge in [0.25, 0.3) is 0 Å². The van der Waals surface area contributed by atoms with Gasteiger partial charge in [0.1, 0.15) is 24.2 Å². The summed E-state index contributed by atoms with van der Waals surface area (Å²) in [4.78, 5) is 122. The number of halogens is 4. The molecule has 4 aliphatic heterocycles. The Morgan fingerprint density at radius 2 is 0.496 bits per heavy atom. The van der Waals surface area contributed by atoms with E-state index in [4.69, 9.17) is 66.4 Å². The number of rotatable bonds is 28. The molecule has 0 radical (unpaired) electrons. The zero-order valence-electron chi connectivity index (χ0n) is 82.6. The minimum Gasteiger partial charge on any atom is -0.326 e. The minimum absolute atomic E-state index is 0.00579. The summed E-state index contributed by atoms with van der Waals surface area (Å²) in [7, 11) is 3.98. The molecule has 16 rings (SSSR count). The van der Waals surface area contributed by atoms with E-state index in [9.17, 15) is 38.4 Å². The second-order valence-electron chi connectivity index (χ2n) is 32.8. The van der Waals surface area contributed by atoms with Gasteiger partial charge < -0.3 is 47.4 Å². The molecule has 4 atom stereocenters. The van der Waals surface area contributed by atoms with Gasteiger partial charge in [-0.3, -0.25) is 58.3 Å². The van der Waals surface area contributed by atoms with Gasteiger partial charge in [-0.15, -0.1) is 0 Å². The Morgan fingerprint density at radius 1 is 0.284 bits per heavy atom.